The van der Waals surface area contributed by atoms with Gasteiger partial charge in [-0.1, -0.05) is 20.8 Å². The van der Waals surface area contributed by atoms with Crippen molar-refractivity contribution in [2.75, 3.05) is 0 Å². The van der Waals surface area contributed by atoms with Crippen LogP contribution in [0.5, 0.6) is 0 Å². The van der Waals surface area contributed by atoms with Gasteiger partial charge < -0.3 is 0 Å². The molecule has 62 valence electrons. The summed E-state index contributed by atoms with van der Waals surface area (Å²) < 4.78 is 0. The van der Waals surface area contributed by atoms with Crippen molar-refractivity contribution in [3.63, 3.8) is 0 Å². The van der Waals surface area contributed by atoms with Crippen molar-refractivity contribution >= 4 is 11.6 Å². The van der Waals surface area contributed by atoms with E-state index in [-0.39, 0.29) is 23.4 Å². The lowest BCUT2D eigenvalue weighted by Gasteiger charge is -2.16. The third-order valence-corrected chi connectivity index (χ3v) is 2.61. The first-order chi connectivity index (χ1) is 5.04. The number of rotatable bonds is 1. The molecule has 0 spiro atoms. The summed E-state index contributed by atoms with van der Waals surface area (Å²) in [6, 6.07) is 0. The fourth-order valence-corrected chi connectivity index (χ4v) is 1.75. The topological polar surface area (TPSA) is 34.1 Å². The molecule has 2 heteroatoms. The summed E-state index contributed by atoms with van der Waals surface area (Å²) in [4.78, 5) is 22.0. The molecule has 0 heterocycles. The molecule has 0 N–H and O–H groups in total. The van der Waals surface area contributed by atoms with E-state index in [4.69, 9.17) is 0 Å². The zero-order valence-corrected chi connectivity index (χ0v) is 7.26. The monoisotopic (exact) mass is 154 g/mol. The molecular formula is C9H14O2. The van der Waals surface area contributed by atoms with E-state index in [9.17, 15) is 9.59 Å². The second-order valence-electron chi connectivity index (χ2n) is 3.69. The van der Waals surface area contributed by atoms with Gasteiger partial charge in [-0.3, -0.25) is 9.59 Å². The molecule has 0 bridgehead atoms. The zero-order valence-electron chi connectivity index (χ0n) is 7.26. The highest BCUT2D eigenvalue weighted by Gasteiger charge is 2.39. The second-order valence-corrected chi connectivity index (χ2v) is 3.69. The Labute approximate surface area is 67.0 Å². The predicted molar refractivity (Wildman–Crippen MR) is 42.1 cm³/mol. The van der Waals surface area contributed by atoms with Gasteiger partial charge in [0.2, 0.25) is 5.78 Å². The first-order valence-corrected chi connectivity index (χ1v) is 4.11. The summed E-state index contributed by atoms with van der Waals surface area (Å²) in [5.41, 5.74) is 0. The van der Waals surface area contributed by atoms with Crippen molar-refractivity contribution in [2.24, 2.45) is 17.8 Å². The molecule has 0 aromatic carbocycles. The van der Waals surface area contributed by atoms with Crippen LogP contribution in [0.2, 0.25) is 0 Å². The van der Waals surface area contributed by atoms with Crippen molar-refractivity contribution in [2.45, 2.75) is 27.2 Å². The third-order valence-electron chi connectivity index (χ3n) is 2.61. The van der Waals surface area contributed by atoms with E-state index in [2.05, 4.69) is 13.8 Å². The maximum atomic E-state index is 11.1. The normalized spacial score (nSPS) is 32.0. The highest BCUT2D eigenvalue weighted by atomic mass is 16.2. The lowest BCUT2D eigenvalue weighted by atomic mass is 9.87. The van der Waals surface area contributed by atoms with Crippen LogP contribution >= 0.6 is 0 Å². The molecule has 0 aromatic rings. The Balaban J connectivity index is 2.75. The zero-order chi connectivity index (χ0) is 8.59. The highest BCUT2D eigenvalue weighted by molar-refractivity contribution is 6.39. The van der Waals surface area contributed by atoms with Crippen LogP contribution in [0.1, 0.15) is 27.2 Å². The minimum atomic E-state index is -0.170. The number of hydrogen-bond donors (Lipinski definition) is 0. The van der Waals surface area contributed by atoms with E-state index < -0.39 is 0 Å². The lowest BCUT2D eigenvalue weighted by molar-refractivity contribution is -0.135. The second kappa shape index (κ2) is 2.76. The van der Waals surface area contributed by atoms with Crippen LogP contribution in [0.3, 0.4) is 0 Å². The van der Waals surface area contributed by atoms with Gasteiger partial charge in [0, 0.05) is 12.3 Å². The maximum absolute atomic E-state index is 11.1. The number of hydrogen-bond acceptors (Lipinski definition) is 2. The van der Waals surface area contributed by atoms with E-state index in [1.54, 1.807) is 0 Å². The van der Waals surface area contributed by atoms with Crippen molar-refractivity contribution < 1.29 is 9.59 Å². The predicted octanol–water partition coefficient (Wildman–Crippen LogP) is 1.44. The molecule has 2 atom stereocenters. The molecule has 1 aliphatic rings. The Morgan fingerprint density at radius 1 is 1.36 bits per heavy atom. The molecule has 1 saturated carbocycles. The minimum Gasteiger partial charge on any atom is -0.291 e. The van der Waals surface area contributed by atoms with Gasteiger partial charge in [0.1, 0.15) is 0 Å². The molecule has 0 aromatic heterocycles. The summed E-state index contributed by atoms with van der Waals surface area (Å²) in [5, 5.41) is 0. The van der Waals surface area contributed by atoms with E-state index in [0.29, 0.717) is 12.3 Å². The smallest absolute Gasteiger partial charge is 0.201 e. The van der Waals surface area contributed by atoms with Crippen LogP contribution in [0.25, 0.3) is 0 Å². The van der Waals surface area contributed by atoms with E-state index in [0.717, 1.165) is 0 Å². The first-order valence-electron chi connectivity index (χ1n) is 4.11. The van der Waals surface area contributed by atoms with Crippen molar-refractivity contribution in [3.8, 4) is 0 Å². The fourth-order valence-electron chi connectivity index (χ4n) is 1.75. The Hall–Kier alpha value is -0.660. The maximum Gasteiger partial charge on any atom is 0.201 e. The molecule has 2 nitrogen and oxygen atoms in total. The average molecular weight is 154 g/mol. The number of ketones is 2. The van der Waals surface area contributed by atoms with Crippen LogP contribution in [-0.2, 0) is 9.59 Å². The van der Waals surface area contributed by atoms with Crippen LogP contribution in [0.15, 0.2) is 0 Å². The van der Waals surface area contributed by atoms with Crippen LogP contribution < -0.4 is 0 Å². The van der Waals surface area contributed by atoms with Crippen molar-refractivity contribution in [1.82, 2.24) is 0 Å². The van der Waals surface area contributed by atoms with Crippen molar-refractivity contribution in [1.29, 1.82) is 0 Å². The Morgan fingerprint density at radius 2 is 1.91 bits per heavy atom. The highest BCUT2D eigenvalue weighted by Crippen LogP contribution is 2.31. The molecule has 0 aliphatic heterocycles. The van der Waals surface area contributed by atoms with Crippen LogP contribution in [-0.4, -0.2) is 11.6 Å². The largest absolute Gasteiger partial charge is 0.291 e. The van der Waals surface area contributed by atoms with Gasteiger partial charge in [0.25, 0.3) is 0 Å². The van der Waals surface area contributed by atoms with Gasteiger partial charge in [0.15, 0.2) is 5.78 Å². The molecule has 1 aliphatic carbocycles. The first kappa shape index (κ1) is 8.44. The molecule has 0 amide bonds. The van der Waals surface area contributed by atoms with E-state index in [1.165, 1.54) is 0 Å². The fraction of sp³-hybridized carbons (Fsp3) is 0.778. The summed E-state index contributed by atoms with van der Waals surface area (Å²) >= 11 is 0. The summed E-state index contributed by atoms with van der Waals surface area (Å²) in [6.45, 7) is 5.98. The Kier molecular flexibility index (Phi) is 2.12. The minimum absolute atomic E-state index is 0.0394. The van der Waals surface area contributed by atoms with Crippen molar-refractivity contribution in [3.05, 3.63) is 0 Å². The van der Waals surface area contributed by atoms with Gasteiger partial charge in [-0.2, -0.15) is 0 Å². The van der Waals surface area contributed by atoms with Gasteiger partial charge in [0.05, 0.1) is 0 Å². The quantitative estimate of drug-likeness (QED) is 0.535. The van der Waals surface area contributed by atoms with Crippen LogP contribution in [0, 0.1) is 17.8 Å². The number of Topliss-reactive ketones (excluding diaryl/α,β-unsaturated/α-hetero) is 2. The summed E-state index contributed by atoms with van der Waals surface area (Å²) in [5.74, 6) is 0.359. The summed E-state index contributed by atoms with van der Waals surface area (Å²) in [6.07, 6.45) is 0.470. The lowest BCUT2D eigenvalue weighted by Crippen LogP contribution is -2.16. The molecular weight excluding hydrogens is 140 g/mol. The van der Waals surface area contributed by atoms with Gasteiger partial charge >= 0.3 is 0 Å². The van der Waals surface area contributed by atoms with E-state index in [1.807, 2.05) is 6.92 Å². The van der Waals surface area contributed by atoms with Crippen LogP contribution in [0.4, 0.5) is 0 Å². The number of carbonyl (C=O) groups excluding carboxylic acids is 2. The molecule has 1 unspecified atom stereocenters. The van der Waals surface area contributed by atoms with Gasteiger partial charge in [-0.25, -0.2) is 0 Å². The Bertz CT molecular complexity index is 194. The standard InChI is InChI=1S/C9H14O2/c1-5(2)7-4-8(10)9(11)6(7)3/h5-7H,4H2,1-3H3/t6?,7-/m1/s1. The molecule has 1 rings (SSSR count). The molecule has 0 saturated heterocycles. The average Bonchev–Trinajstić information content (AvgIpc) is 2.17. The van der Waals surface area contributed by atoms with Gasteiger partial charge in [-0.05, 0) is 11.8 Å². The number of carbonyl (C=O) groups is 2. The SMILES string of the molecule is CC(C)[C@H]1CC(=O)C(=O)C1C. The third kappa shape index (κ3) is 1.35. The Morgan fingerprint density at radius 3 is 2.09 bits per heavy atom. The summed E-state index contributed by atoms with van der Waals surface area (Å²) in [7, 11) is 0. The van der Waals surface area contributed by atoms with Gasteiger partial charge in [-0.15, -0.1) is 0 Å². The molecule has 11 heavy (non-hydrogen) atoms. The van der Waals surface area contributed by atoms with E-state index >= 15 is 0 Å². The molecule has 1 fully saturated rings. The molecule has 0 radical (unpaired) electrons.